The van der Waals surface area contributed by atoms with E-state index in [9.17, 15) is 4.79 Å². The lowest BCUT2D eigenvalue weighted by molar-refractivity contribution is 0.480. The van der Waals surface area contributed by atoms with Gasteiger partial charge in [0.25, 0.3) is 5.56 Å². The molecule has 6 heteroatoms. The van der Waals surface area contributed by atoms with Gasteiger partial charge in [0.2, 0.25) is 0 Å². The fraction of sp³-hybridized carbons (Fsp3) is 0.333. The standard InChI is InChI=1S/C12H15N5O/c1-12(2,13)11-16-9(6-10(18)17(11)3)8-4-5-14-7-15-8/h4-7H,13H2,1-3H3. The highest BCUT2D eigenvalue weighted by atomic mass is 16.1. The van der Waals surface area contributed by atoms with E-state index < -0.39 is 5.54 Å². The lowest BCUT2D eigenvalue weighted by Gasteiger charge is -2.21. The molecule has 6 nitrogen and oxygen atoms in total. The van der Waals surface area contributed by atoms with Crippen LogP contribution in [-0.4, -0.2) is 19.5 Å². The maximum Gasteiger partial charge on any atom is 0.253 e. The summed E-state index contributed by atoms with van der Waals surface area (Å²) in [5.41, 5.74) is 6.27. The van der Waals surface area contributed by atoms with Crippen molar-refractivity contribution in [2.75, 3.05) is 0 Å². The van der Waals surface area contributed by atoms with E-state index in [4.69, 9.17) is 5.73 Å². The fourth-order valence-electron chi connectivity index (χ4n) is 1.69. The molecule has 0 amide bonds. The Morgan fingerprint density at radius 2 is 2.06 bits per heavy atom. The Bertz CT molecular complexity index is 613. The van der Waals surface area contributed by atoms with Gasteiger partial charge in [-0.05, 0) is 19.9 Å². The van der Waals surface area contributed by atoms with Crippen LogP contribution in [0.2, 0.25) is 0 Å². The molecule has 0 saturated heterocycles. The monoisotopic (exact) mass is 245 g/mol. The van der Waals surface area contributed by atoms with Crippen LogP contribution in [0.3, 0.4) is 0 Å². The van der Waals surface area contributed by atoms with Crippen molar-refractivity contribution in [2.45, 2.75) is 19.4 Å². The van der Waals surface area contributed by atoms with Crippen molar-refractivity contribution in [3.63, 3.8) is 0 Å². The highest BCUT2D eigenvalue weighted by molar-refractivity contribution is 5.52. The maximum absolute atomic E-state index is 11.9. The van der Waals surface area contributed by atoms with Crippen LogP contribution >= 0.6 is 0 Å². The summed E-state index contributed by atoms with van der Waals surface area (Å²) >= 11 is 0. The molecular weight excluding hydrogens is 230 g/mol. The molecule has 0 aliphatic carbocycles. The Morgan fingerprint density at radius 3 is 2.61 bits per heavy atom. The molecule has 0 aliphatic heterocycles. The molecule has 0 radical (unpaired) electrons. The molecule has 2 rings (SSSR count). The van der Waals surface area contributed by atoms with E-state index in [-0.39, 0.29) is 5.56 Å². The molecule has 0 fully saturated rings. The predicted molar refractivity (Wildman–Crippen MR) is 67.7 cm³/mol. The van der Waals surface area contributed by atoms with Crippen molar-refractivity contribution < 1.29 is 0 Å². The predicted octanol–water partition coefficient (Wildman–Crippen LogP) is 0.431. The van der Waals surface area contributed by atoms with Crippen LogP contribution < -0.4 is 11.3 Å². The van der Waals surface area contributed by atoms with Gasteiger partial charge in [0.05, 0.1) is 16.9 Å². The first kappa shape index (κ1) is 12.4. The molecular formula is C12H15N5O. The van der Waals surface area contributed by atoms with Gasteiger partial charge in [0.1, 0.15) is 12.2 Å². The molecule has 0 spiro atoms. The van der Waals surface area contributed by atoms with Crippen molar-refractivity contribution in [3.05, 3.63) is 40.8 Å². The molecule has 2 heterocycles. The van der Waals surface area contributed by atoms with Crippen LogP contribution in [0, 0.1) is 0 Å². The first-order valence-corrected chi connectivity index (χ1v) is 5.53. The molecule has 0 unspecified atom stereocenters. The van der Waals surface area contributed by atoms with E-state index in [0.717, 1.165) is 0 Å². The number of nitrogens with two attached hydrogens (primary N) is 1. The van der Waals surface area contributed by atoms with E-state index in [1.807, 2.05) is 0 Å². The molecule has 0 atom stereocenters. The zero-order chi connectivity index (χ0) is 13.3. The van der Waals surface area contributed by atoms with E-state index in [1.165, 1.54) is 17.0 Å². The largest absolute Gasteiger partial charge is 0.319 e. The van der Waals surface area contributed by atoms with Gasteiger partial charge in [0.15, 0.2) is 0 Å². The Kier molecular flexibility index (Phi) is 2.96. The minimum Gasteiger partial charge on any atom is -0.319 e. The van der Waals surface area contributed by atoms with Crippen LogP contribution in [0.15, 0.2) is 29.5 Å². The summed E-state index contributed by atoms with van der Waals surface area (Å²) in [6, 6.07) is 3.15. The second-order valence-electron chi connectivity index (χ2n) is 4.68. The number of nitrogens with zero attached hydrogens (tertiary/aromatic N) is 4. The normalized spacial score (nSPS) is 11.6. The van der Waals surface area contributed by atoms with Crippen LogP contribution in [0.25, 0.3) is 11.4 Å². The molecule has 2 aromatic rings. The molecule has 2 aromatic heterocycles. The Balaban J connectivity index is 2.66. The molecule has 0 aromatic carbocycles. The lowest BCUT2D eigenvalue weighted by atomic mass is 10.1. The number of hydrogen-bond acceptors (Lipinski definition) is 5. The minimum atomic E-state index is -0.697. The van der Waals surface area contributed by atoms with Crippen molar-refractivity contribution >= 4 is 0 Å². The number of hydrogen-bond donors (Lipinski definition) is 1. The van der Waals surface area contributed by atoms with Gasteiger partial charge in [-0.25, -0.2) is 15.0 Å². The van der Waals surface area contributed by atoms with Gasteiger partial charge in [0, 0.05) is 19.3 Å². The third-order valence-corrected chi connectivity index (χ3v) is 2.56. The third-order valence-electron chi connectivity index (χ3n) is 2.56. The average molecular weight is 245 g/mol. The fourth-order valence-corrected chi connectivity index (χ4v) is 1.69. The van der Waals surface area contributed by atoms with Crippen LogP contribution in [0.1, 0.15) is 19.7 Å². The number of rotatable bonds is 2. The van der Waals surface area contributed by atoms with Gasteiger partial charge in [-0.1, -0.05) is 0 Å². The smallest absolute Gasteiger partial charge is 0.253 e. The van der Waals surface area contributed by atoms with Crippen LogP contribution in [0.5, 0.6) is 0 Å². The lowest BCUT2D eigenvalue weighted by Crippen LogP contribution is -2.37. The van der Waals surface area contributed by atoms with Crippen molar-refractivity contribution in [1.82, 2.24) is 19.5 Å². The highest BCUT2D eigenvalue weighted by Crippen LogP contribution is 2.16. The second kappa shape index (κ2) is 4.30. The summed E-state index contributed by atoms with van der Waals surface area (Å²) in [7, 11) is 1.66. The zero-order valence-electron chi connectivity index (χ0n) is 10.6. The van der Waals surface area contributed by atoms with Crippen molar-refractivity contribution in [3.8, 4) is 11.4 Å². The second-order valence-corrected chi connectivity index (χ2v) is 4.68. The van der Waals surface area contributed by atoms with Gasteiger partial charge in [-0.15, -0.1) is 0 Å². The number of aromatic nitrogens is 4. The van der Waals surface area contributed by atoms with E-state index in [1.54, 1.807) is 33.2 Å². The summed E-state index contributed by atoms with van der Waals surface area (Å²) in [4.78, 5) is 24.2. The molecule has 0 saturated carbocycles. The average Bonchev–Trinajstić information content (AvgIpc) is 2.32. The summed E-state index contributed by atoms with van der Waals surface area (Å²) in [6.07, 6.45) is 3.02. The van der Waals surface area contributed by atoms with Gasteiger partial charge in [-0.2, -0.15) is 0 Å². The van der Waals surface area contributed by atoms with Crippen LogP contribution in [0.4, 0.5) is 0 Å². The summed E-state index contributed by atoms with van der Waals surface area (Å²) in [5.74, 6) is 0.517. The van der Waals surface area contributed by atoms with Crippen molar-refractivity contribution in [1.29, 1.82) is 0 Å². The van der Waals surface area contributed by atoms with E-state index in [2.05, 4.69) is 15.0 Å². The van der Waals surface area contributed by atoms with E-state index >= 15 is 0 Å². The molecule has 0 bridgehead atoms. The van der Waals surface area contributed by atoms with Gasteiger partial charge < -0.3 is 5.73 Å². The summed E-state index contributed by atoms with van der Waals surface area (Å²) in [5, 5.41) is 0. The first-order chi connectivity index (χ1) is 8.39. The minimum absolute atomic E-state index is 0.160. The summed E-state index contributed by atoms with van der Waals surface area (Å²) < 4.78 is 1.45. The SMILES string of the molecule is Cn1c(C(C)(C)N)nc(-c2ccncn2)cc1=O. The molecule has 0 aliphatic rings. The highest BCUT2D eigenvalue weighted by Gasteiger charge is 2.21. The maximum atomic E-state index is 11.9. The third kappa shape index (κ3) is 2.28. The van der Waals surface area contributed by atoms with Gasteiger partial charge in [-0.3, -0.25) is 9.36 Å². The van der Waals surface area contributed by atoms with E-state index in [0.29, 0.717) is 17.2 Å². The molecule has 2 N–H and O–H groups in total. The Hall–Kier alpha value is -2.08. The van der Waals surface area contributed by atoms with Crippen LogP contribution in [-0.2, 0) is 12.6 Å². The molecule has 18 heavy (non-hydrogen) atoms. The zero-order valence-corrected chi connectivity index (χ0v) is 10.6. The summed E-state index contributed by atoms with van der Waals surface area (Å²) in [6.45, 7) is 3.61. The topological polar surface area (TPSA) is 86.7 Å². The molecule has 94 valence electrons. The van der Waals surface area contributed by atoms with Gasteiger partial charge >= 0.3 is 0 Å². The Labute approximate surface area is 105 Å². The first-order valence-electron chi connectivity index (χ1n) is 5.53. The quantitative estimate of drug-likeness (QED) is 0.829. The Morgan fingerprint density at radius 1 is 1.33 bits per heavy atom. The van der Waals surface area contributed by atoms with Crippen molar-refractivity contribution in [2.24, 2.45) is 12.8 Å².